The molecule has 0 radical (unpaired) electrons. The number of aromatic nitrogens is 5. The fourth-order valence-corrected chi connectivity index (χ4v) is 5.20. The lowest BCUT2D eigenvalue weighted by Gasteiger charge is -2.32. The second-order valence-corrected chi connectivity index (χ2v) is 9.15. The zero-order chi connectivity index (χ0) is 25.9. The van der Waals surface area contributed by atoms with Gasteiger partial charge in [0.2, 0.25) is 0 Å². The van der Waals surface area contributed by atoms with Gasteiger partial charge in [0.15, 0.2) is 5.82 Å². The zero-order valence-electron chi connectivity index (χ0n) is 19.8. The molecule has 0 spiro atoms. The maximum absolute atomic E-state index is 15.3. The molecule has 0 unspecified atom stereocenters. The second-order valence-electron chi connectivity index (χ2n) is 9.15. The van der Waals surface area contributed by atoms with Crippen LogP contribution in [0.2, 0.25) is 0 Å². The number of alkyl halides is 3. The van der Waals surface area contributed by atoms with E-state index in [4.69, 9.17) is 4.98 Å². The van der Waals surface area contributed by atoms with Gasteiger partial charge in [0.1, 0.15) is 24.2 Å². The van der Waals surface area contributed by atoms with E-state index in [0.717, 1.165) is 10.9 Å². The molecule has 37 heavy (non-hydrogen) atoms. The van der Waals surface area contributed by atoms with Crippen LogP contribution >= 0.6 is 0 Å². The summed E-state index contributed by atoms with van der Waals surface area (Å²) < 4.78 is 60.5. The number of halogens is 4. The van der Waals surface area contributed by atoms with Crippen molar-refractivity contribution in [3.63, 3.8) is 0 Å². The summed E-state index contributed by atoms with van der Waals surface area (Å²) in [6.07, 6.45) is -0.171. The van der Waals surface area contributed by atoms with Crippen LogP contribution in [-0.4, -0.2) is 49.5 Å². The maximum atomic E-state index is 15.3. The molecule has 0 N–H and O–H groups in total. The highest BCUT2D eigenvalue weighted by molar-refractivity contribution is 5.97. The average molecular weight is 510 g/mol. The number of rotatable bonds is 6. The van der Waals surface area contributed by atoms with Crippen LogP contribution in [0, 0.1) is 5.82 Å². The lowest BCUT2D eigenvalue weighted by Crippen LogP contribution is -2.39. The predicted molar refractivity (Wildman–Crippen MR) is 131 cm³/mol. The molecule has 0 saturated heterocycles. The number of hydrogen-bond acceptors (Lipinski definition) is 4. The number of para-hydroxylation sites is 1. The molecule has 0 saturated carbocycles. The van der Waals surface area contributed by atoms with Gasteiger partial charge < -0.3 is 14.0 Å². The van der Waals surface area contributed by atoms with Crippen LogP contribution in [-0.2, 0) is 19.6 Å². The summed E-state index contributed by atoms with van der Waals surface area (Å²) in [6.45, 7) is 2.36. The molecule has 2 aromatic carbocycles. The van der Waals surface area contributed by atoms with Crippen molar-refractivity contribution in [1.82, 2.24) is 23.9 Å². The Kier molecular flexibility index (Phi) is 5.32. The first-order valence-corrected chi connectivity index (χ1v) is 11.9. The molecule has 0 atom stereocenters. The molecule has 6 rings (SSSR count). The molecule has 0 bridgehead atoms. The van der Waals surface area contributed by atoms with E-state index in [1.807, 2.05) is 29.8 Å². The first-order chi connectivity index (χ1) is 17.8. The minimum Gasteiger partial charge on any atom is -0.359 e. The van der Waals surface area contributed by atoms with Crippen molar-refractivity contribution >= 4 is 33.9 Å². The minimum absolute atomic E-state index is 0.167. The van der Waals surface area contributed by atoms with Crippen molar-refractivity contribution in [1.29, 1.82) is 0 Å². The second kappa shape index (κ2) is 8.46. The van der Waals surface area contributed by atoms with Crippen molar-refractivity contribution in [2.24, 2.45) is 0 Å². The molecular weight excluding hydrogens is 488 g/mol. The summed E-state index contributed by atoms with van der Waals surface area (Å²) in [6, 6.07) is 9.86. The van der Waals surface area contributed by atoms with Crippen LogP contribution in [0.5, 0.6) is 0 Å². The molecular formula is C26H22F4N6O. The molecule has 1 aliphatic heterocycles. The number of carbonyl (C=O) groups is 1. The number of benzene rings is 2. The molecule has 4 heterocycles. The van der Waals surface area contributed by atoms with Gasteiger partial charge in [-0.15, -0.1) is 0 Å². The maximum Gasteiger partial charge on any atom is 0.405 e. The SMILES string of the molecule is CCn1cc(Cn2c(-c3cc4cccc5c4n3CCN5CC(F)(F)F)nc3cc(C=O)cc(F)c32)cn1. The smallest absolute Gasteiger partial charge is 0.359 e. The normalized spacial score (nSPS) is 13.7. The largest absolute Gasteiger partial charge is 0.405 e. The Bertz CT molecular complexity index is 1660. The van der Waals surface area contributed by atoms with Crippen molar-refractivity contribution in [2.75, 3.05) is 18.0 Å². The van der Waals surface area contributed by atoms with Gasteiger partial charge in [-0.1, -0.05) is 12.1 Å². The highest BCUT2D eigenvalue weighted by Crippen LogP contribution is 2.39. The van der Waals surface area contributed by atoms with Crippen LogP contribution in [0.1, 0.15) is 22.8 Å². The van der Waals surface area contributed by atoms with E-state index in [1.54, 1.807) is 27.6 Å². The van der Waals surface area contributed by atoms with Crippen LogP contribution in [0.4, 0.5) is 23.2 Å². The molecule has 0 fully saturated rings. The van der Waals surface area contributed by atoms with Crippen molar-refractivity contribution in [3.8, 4) is 11.5 Å². The Morgan fingerprint density at radius 2 is 1.95 bits per heavy atom. The number of aldehydes is 1. The van der Waals surface area contributed by atoms with Crippen molar-refractivity contribution in [3.05, 3.63) is 65.7 Å². The summed E-state index contributed by atoms with van der Waals surface area (Å²) in [5.74, 6) is -0.111. The van der Waals surface area contributed by atoms with Gasteiger partial charge in [-0.05, 0) is 31.2 Å². The van der Waals surface area contributed by atoms with Crippen molar-refractivity contribution in [2.45, 2.75) is 32.7 Å². The molecule has 0 amide bonds. The fourth-order valence-electron chi connectivity index (χ4n) is 5.20. The van der Waals surface area contributed by atoms with E-state index >= 15 is 4.39 Å². The third-order valence-corrected chi connectivity index (χ3v) is 6.74. The summed E-state index contributed by atoms with van der Waals surface area (Å²) in [7, 11) is 0. The number of fused-ring (bicyclic) bond motifs is 1. The lowest BCUT2D eigenvalue weighted by molar-refractivity contribution is -0.119. The number of aryl methyl sites for hydroxylation is 1. The van der Waals surface area contributed by atoms with Crippen LogP contribution in [0.3, 0.4) is 0 Å². The third-order valence-electron chi connectivity index (χ3n) is 6.74. The Labute approximate surface area is 208 Å². The van der Waals surface area contributed by atoms with Gasteiger partial charge in [-0.2, -0.15) is 18.3 Å². The van der Waals surface area contributed by atoms with E-state index in [0.29, 0.717) is 47.6 Å². The topological polar surface area (TPSA) is 60.9 Å². The Balaban J connectivity index is 1.57. The van der Waals surface area contributed by atoms with Gasteiger partial charge in [-0.3, -0.25) is 9.48 Å². The number of hydrogen-bond donors (Lipinski definition) is 0. The van der Waals surface area contributed by atoms with E-state index in [-0.39, 0.29) is 24.2 Å². The Hall–Kier alpha value is -4.15. The number of nitrogens with zero attached hydrogens (tertiary/aromatic N) is 6. The molecule has 0 aliphatic carbocycles. The van der Waals surface area contributed by atoms with Gasteiger partial charge in [0, 0.05) is 42.3 Å². The molecule has 11 heteroatoms. The molecule has 5 aromatic rings. The van der Waals surface area contributed by atoms with Gasteiger partial charge in [0.05, 0.1) is 35.2 Å². The van der Waals surface area contributed by atoms with Crippen LogP contribution in [0.25, 0.3) is 33.5 Å². The molecule has 3 aromatic heterocycles. The van der Waals surface area contributed by atoms with Gasteiger partial charge >= 0.3 is 6.18 Å². The Morgan fingerprint density at radius 1 is 1.11 bits per heavy atom. The summed E-state index contributed by atoms with van der Waals surface area (Å²) >= 11 is 0. The quantitative estimate of drug-likeness (QED) is 0.231. The molecule has 1 aliphatic rings. The first-order valence-electron chi connectivity index (χ1n) is 11.9. The van der Waals surface area contributed by atoms with Crippen LogP contribution in [0.15, 0.2) is 48.8 Å². The Morgan fingerprint density at radius 3 is 2.68 bits per heavy atom. The summed E-state index contributed by atoms with van der Waals surface area (Å²) in [5, 5.41) is 5.08. The monoisotopic (exact) mass is 510 g/mol. The predicted octanol–water partition coefficient (Wildman–Crippen LogP) is 5.26. The standard InChI is InChI=1S/C26H22F4N6O/c1-2-34-12-17(11-31-34)13-36-24-19(27)8-16(14-37)9-20(24)32-25(36)22-10-18-4-3-5-21-23(18)35(22)7-6-33(21)15-26(28,29)30/h3-5,8-12,14H,2,6-7,13,15H2,1H3. The highest BCUT2D eigenvalue weighted by Gasteiger charge is 2.34. The molecule has 7 nitrogen and oxygen atoms in total. The van der Waals surface area contributed by atoms with Crippen LogP contribution < -0.4 is 4.90 Å². The van der Waals surface area contributed by atoms with Crippen molar-refractivity contribution < 1.29 is 22.4 Å². The third kappa shape index (κ3) is 3.94. The number of anilines is 1. The minimum atomic E-state index is -4.33. The highest BCUT2D eigenvalue weighted by atomic mass is 19.4. The van der Waals surface area contributed by atoms with Gasteiger partial charge in [0.25, 0.3) is 0 Å². The lowest BCUT2D eigenvalue weighted by atomic mass is 10.2. The van der Waals surface area contributed by atoms with E-state index < -0.39 is 18.5 Å². The summed E-state index contributed by atoms with van der Waals surface area (Å²) in [4.78, 5) is 17.5. The van der Waals surface area contributed by atoms with E-state index in [9.17, 15) is 18.0 Å². The van der Waals surface area contributed by atoms with E-state index in [2.05, 4.69) is 5.10 Å². The first kappa shape index (κ1) is 23.3. The van der Waals surface area contributed by atoms with E-state index in [1.165, 1.54) is 17.0 Å². The average Bonchev–Trinajstić information content (AvgIpc) is 3.56. The molecule has 190 valence electrons. The fraction of sp³-hybridized carbons (Fsp3) is 0.269. The zero-order valence-corrected chi connectivity index (χ0v) is 19.8. The number of carbonyl (C=O) groups excluding carboxylic acids is 1. The summed E-state index contributed by atoms with van der Waals surface area (Å²) in [5.41, 5.74) is 3.43. The van der Waals surface area contributed by atoms with Gasteiger partial charge in [-0.25, -0.2) is 9.37 Å². The number of imidazole rings is 1.